The topological polar surface area (TPSA) is 66.9 Å². The van der Waals surface area contributed by atoms with E-state index >= 15 is 0 Å². The highest BCUT2D eigenvalue weighted by Crippen LogP contribution is 2.21. The van der Waals surface area contributed by atoms with Gasteiger partial charge in [-0.25, -0.2) is 12.8 Å². The van der Waals surface area contributed by atoms with Crippen molar-refractivity contribution in [1.82, 2.24) is 9.21 Å². The lowest BCUT2D eigenvalue weighted by atomic mass is 10.1. The van der Waals surface area contributed by atoms with Crippen LogP contribution in [0, 0.1) is 19.7 Å². The van der Waals surface area contributed by atoms with Gasteiger partial charge in [0.2, 0.25) is 15.9 Å². The van der Waals surface area contributed by atoms with Crippen LogP contribution < -0.4 is 4.74 Å². The zero-order chi connectivity index (χ0) is 21.7. The molecule has 30 heavy (non-hydrogen) atoms. The Labute approximate surface area is 177 Å². The van der Waals surface area contributed by atoms with Crippen molar-refractivity contribution in [2.45, 2.75) is 31.6 Å². The summed E-state index contributed by atoms with van der Waals surface area (Å²) in [6.45, 7) is 5.33. The number of sulfonamides is 1. The van der Waals surface area contributed by atoms with Crippen molar-refractivity contribution >= 4 is 15.9 Å². The number of hydrogen-bond donors (Lipinski definition) is 0. The summed E-state index contributed by atoms with van der Waals surface area (Å²) in [5, 5.41) is 0. The SMILES string of the molecule is Cc1ccc(S(=O)(=O)N2CCN(C(=O)CCCOc3ccccc3F)CC2)cc1C. The number of para-hydroxylation sites is 1. The molecule has 1 aliphatic heterocycles. The number of rotatable bonds is 7. The maximum absolute atomic E-state index is 13.5. The number of carbonyl (C=O) groups excluding carboxylic acids is 1. The highest BCUT2D eigenvalue weighted by Gasteiger charge is 2.30. The number of hydrogen-bond acceptors (Lipinski definition) is 4. The normalized spacial score (nSPS) is 15.2. The maximum atomic E-state index is 13.5. The van der Waals surface area contributed by atoms with E-state index in [1.54, 1.807) is 35.2 Å². The molecule has 0 aromatic heterocycles. The van der Waals surface area contributed by atoms with Crippen molar-refractivity contribution in [3.8, 4) is 5.75 Å². The van der Waals surface area contributed by atoms with E-state index in [1.165, 1.54) is 10.4 Å². The lowest BCUT2D eigenvalue weighted by Gasteiger charge is -2.34. The molecule has 0 radical (unpaired) electrons. The second-order valence-electron chi connectivity index (χ2n) is 7.41. The number of ether oxygens (including phenoxy) is 1. The molecule has 0 aliphatic carbocycles. The van der Waals surface area contributed by atoms with Crippen LogP contribution in [-0.4, -0.2) is 56.3 Å². The Morgan fingerprint density at radius 2 is 1.73 bits per heavy atom. The third kappa shape index (κ3) is 5.17. The van der Waals surface area contributed by atoms with E-state index in [9.17, 15) is 17.6 Å². The van der Waals surface area contributed by atoms with Crippen molar-refractivity contribution in [2.24, 2.45) is 0 Å². The second-order valence-corrected chi connectivity index (χ2v) is 9.35. The number of amides is 1. The number of nitrogens with zero attached hydrogens (tertiary/aromatic N) is 2. The van der Waals surface area contributed by atoms with Crippen LogP contribution in [0.3, 0.4) is 0 Å². The van der Waals surface area contributed by atoms with Gasteiger partial charge in [-0.1, -0.05) is 18.2 Å². The van der Waals surface area contributed by atoms with Crippen LogP contribution in [-0.2, 0) is 14.8 Å². The Balaban J connectivity index is 1.47. The quantitative estimate of drug-likeness (QED) is 0.628. The van der Waals surface area contributed by atoms with Gasteiger partial charge in [0.1, 0.15) is 0 Å². The van der Waals surface area contributed by atoms with E-state index in [1.807, 2.05) is 19.9 Å². The monoisotopic (exact) mass is 434 g/mol. The van der Waals surface area contributed by atoms with Crippen molar-refractivity contribution < 1.29 is 22.3 Å². The minimum absolute atomic E-state index is 0.0460. The number of piperazine rings is 1. The van der Waals surface area contributed by atoms with E-state index < -0.39 is 15.8 Å². The molecule has 1 saturated heterocycles. The largest absolute Gasteiger partial charge is 0.491 e. The highest BCUT2D eigenvalue weighted by molar-refractivity contribution is 7.89. The molecule has 162 valence electrons. The summed E-state index contributed by atoms with van der Waals surface area (Å²) in [6.07, 6.45) is 0.743. The average Bonchev–Trinajstić information content (AvgIpc) is 2.74. The molecule has 0 saturated carbocycles. The Bertz CT molecular complexity index is 1000. The third-order valence-corrected chi connectivity index (χ3v) is 7.23. The molecular formula is C22H27FN2O4S. The van der Waals surface area contributed by atoms with Crippen molar-refractivity contribution in [3.63, 3.8) is 0 Å². The van der Waals surface area contributed by atoms with Crippen molar-refractivity contribution in [2.75, 3.05) is 32.8 Å². The van der Waals surface area contributed by atoms with Gasteiger partial charge in [-0.05, 0) is 55.7 Å². The minimum atomic E-state index is -3.57. The summed E-state index contributed by atoms with van der Waals surface area (Å²) in [4.78, 5) is 14.4. The third-order valence-electron chi connectivity index (χ3n) is 5.34. The summed E-state index contributed by atoms with van der Waals surface area (Å²) in [7, 11) is -3.57. The molecule has 0 unspecified atom stereocenters. The maximum Gasteiger partial charge on any atom is 0.243 e. The Morgan fingerprint density at radius 3 is 2.40 bits per heavy atom. The minimum Gasteiger partial charge on any atom is -0.491 e. The average molecular weight is 435 g/mol. The Kier molecular flexibility index (Phi) is 7.10. The number of aryl methyl sites for hydroxylation is 2. The zero-order valence-electron chi connectivity index (χ0n) is 17.3. The lowest BCUT2D eigenvalue weighted by molar-refractivity contribution is -0.132. The number of benzene rings is 2. The molecule has 0 bridgehead atoms. The fraction of sp³-hybridized carbons (Fsp3) is 0.409. The van der Waals surface area contributed by atoms with Gasteiger partial charge in [-0.15, -0.1) is 0 Å². The molecular weight excluding hydrogens is 407 g/mol. The summed E-state index contributed by atoms with van der Waals surface area (Å²) in [5.41, 5.74) is 1.98. The smallest absolute Gasteiger partial charge is 0.243 e. The van der Waals surface area contributed by atoms with Gasteiger partial charge < -0.3 is 9.64 Å². The molecule has 1 fully saturated rings. The zero-order valence-corrected chi connectivity index (χ0v) is 18.1. The van der Waals surface area contributed by atoms with Gasteiger partial charge in [-0.3, -0.25) is 4.79 Å². The van der Waals surface area contributed by atoms with Crippen LogP contribution in [0.25, 0.3) is 0 Å². The number of halogens is 1. The summed E-state index contributed by atoms with van der Waals surface area (Å²) < 4.78 is 46.1. The van der Waals surface area contributed by atoms with Crippen molar-refractivity contribution in [3.05, 3.63) is 59.4 Å². The number of carbonyl (C=O) groups is 1. The molecule has 3 rings (SSSR count). The molecule has 0 N–H and O–H groups in total. The molecule has 6 nitrogen and oxygen atoms in total. The molecule has 1 heterocycles. The molecule has 2 aromatic rings. The van der Waals surface area contributed by atoms with Gasteiger partial charge in [0.15, 0.2) is 11.6 Å². The molecule has 1 aliphatic rings. The van der Waals surface area contributed by atoms with Crippen LogP contribution in [0.4, 0.5) is 4.39 Å². The predicted molar refractivity (Wildman–Crippen MR) is 112 cm³/mol. The fourth-order valence-corrected chi connectivity index (χ4v) is 4.83. The van der Waals surface area contributed by atoms with Gasteiger partial charge in [0, 0.05) is 32.6 Å². The Hall–Kier alpha value is -2.45. The Morgan fingerprint density at radius 1 is 1.03 bits per heavy atom. The van der Waals surface area contributed by atoms with Gasteiger partial charge in [0.25, 0.3) is 0 Å². The van der Waals surface area contributed by atoms with Crippen LogP contribution in [0.2, 0.25) is 0 Å². The van der Waals surface area contributed by atoms with E-state index in [0.717, 1.165) is 11.1 Å². The van der Waals surface area contributed by atoms with Crippen molar-refractivity contribution in [1.29, 1.82) is 0 Å². The molecule has 0 atom stereocenters. The van der Waals surface area contributed by atoms with Gasteiger partial charge in [-0.2, -0.15) is 4.31 Å². The van der Waals surface area contributed by atoms with Gasteiger partial charge >= 0.3 is 0 Å². The second kappa shape index (κ2) is 9.57. The summed E-state index contributed by atoms with van der Waals surface area (Å²) >= 11 is 0. The van der Waals surface area contributed by atoms with E-state index in [4.69, 9.17) is 4.74 Å². The molecule has 8 heteroatoms. The molecule has 0 spiro atoms. The van der Waals surface area contributed by atoms with E-state index in [0.29, 0.717) is 19.5 Å². The van der Waals surface area contributed by atoms with Gasteiger partial charge in [0.05, 0.1) is 11.5 Å². The first-order valence-corrected chi connectivity index (χ1v) is 11.5. The van der Waals surface area contributed by atoms with E-state index in [-0.39, 0.29) is 42.7 Å². The van der Waals surface area contributed by atoms with Crippen LogP contribution in [0.5, 0.6) is 5.75 Å². The van der Waals surface area contributed by atoms with Crippen LogP contribution >= 0.6 is 0 Å². The van der Waals surface area contributed by atoms with Crippen LogP contribution in [0.15, 0.2) is 47.4 Å². The van der Waals surface area contributed by atoms with Crippen LogP contribution in [0.1, 0.15) is 24.0 Å². The first-order valence-electron chi connectivity index (χ1n) is 10.0. The fourth-order valence-electron chi connectivity index (χ4n) is 3.33. The predicted octanol–water partition coefficient (Wildman–Crippen LogP) is 3.13. The summed E-state index contributed by atoms with van der Waals surface area (Å²) in [5.74, 6) is -0.296. The standard InChI is InChI=1S/C22H27FN2O4S/c1-17-9-10-19(16-18(17)2)30(27,28)25-13-11-24(12-14-25)22(26)8-5-15-29-21-7-4-3-6-20(21)23/h3-4,6-7,9-10,16H,5,8,11-15H2,1-2H3. The molecule has 1 amide bonds. The summed E-state index contributed by atoms with van der Waals surface area (Å²) in [6, 6.07) is 11.3. The van der Waals surface area contributed by atoms with E-state index in [2.05, 4.69) is 0 Å². The first kappa shape index (κ1) is 22.2. The first-order chi connectivity index (χ1) is 14.3. The lowest BCUT2D eigenvalue weighted by Crippen LogP contribution is -2.50. The molecule has 2 aromatic carbocycles. The highest BCUT2D eigenvalue weighted by atomic mass is 32.2.